The molecule has 2 rings (SSSR count). The van der Waals surface area contributed by atoms with Gasteiger partial charge in [-0.3, -0.25) is 4.98 Å². The van der Waals surface area contributed by atoms with Crippen LogP contribution in [0, 0.1) is 0 Å². The summed E-state index contributed by atoms with van der Waals surface area (Å²) in [6, 6.07) is 5.63. The second-order valence-electron chi connectivity index (χ2n) is 3.87. The van der Waals surface area contributed by atoms with Crippen LogP contribution < -0.4 is 0 Å². The van der Waals surface area contributed by atoms with E-state index in [0.29, 0.717) is 24.9 Å². The fourth-order valence-electron chi connectivity index (χ4n) is 1.71. The van der Waals surface area contributed by atoms with Crippen molar-refractivity contribution in [3.8, 4) is 11.5 Å². The monoisotopic (exact) mass is 262 g/mol. The van der Waals surface area contributed by atoms with Gasteiger partial charge in [-0.2, -0.15) is 0 Å². The number of nitrogens with zero attached hydrogens (tertiary/aromatic N) is 4. The first-order valence-corrected chi connectivity index (χ1v) is 6.31. The molecule has 0 saturated heterocycles. The summed E-state index contributed by atoms with van der Waals surface area (Å²) < 4.78 is 12.7. The highest BCUT2D eigenvalue weighted by Gasteiger charge is 2.20. The van der Waals surface area contributed by atoms with Crippen LogP contribution in [0.2, 0.25) is 0 Å². The Kier molecular flexibility index (Phi) is 4.59. The molecule has 0 spiro atoms. The Labute approximate surface area is 112 Å². The van der Waals surface area contributed by atoms with Crippen molar-refractivity contribution in [3.63, 3.8) is 0 Å². The van der Waals surface area contributed by atoms with E-state index >= 15 is 0 Å². The lowest BCUT2D eigenvalue weighted by molar-refractivity contribution is -0.146. The zero-order valence-electron chi connectivity index (χ0n) is 11.4. The number of aryl methyl sites for hydroxylation is 1. The predicted octanol–water partition coefficient (Wildman–Crippen LogP) is 1.95. The predicted molar refractivity (Wildman–Crippen MR) is 70.2 cm³/mol. The average molecular weight is 262 g/mol. The van der Waals surface area contributed by atoms with Crippen LogP contribution in [0.25, 0.3) is 11.5 Å². The van der Waals surface area contributed by atoms with Crippen LogP contribution in [-0.4, -0.2) is 33.0 Å². The highest BCUT2D eigenvalue weighted by molar-refractivity contribution is 5.47. The normalized spacial score (nSPS) is 11.2. The van der Waals surface area contributed by atoms with Gasteiger partial charge in [-0.05, 0) is 26.0 Å². The molecule has 6 heteroatoms. The van der Waals surface area contributed by atoms with Gasteiger partial charge in [-0.15, -0.1) is 5.10 Å². The lowest BCUT2D eigenvalue weighted by Crippen LogP contribution is -2.14. The minimum Gasteiger partial charge on any atom is -0.346 e. The molecular weight excluding hydrogens is 244 g/mol. The van der Waals surface area contributed by atoms with Gasteiger partial charge in [0.05, 0.1) is 0 Å². The Hall–Kier alpha value is -1.79. The number of pyridine rings is 1. The van der Waals surface area contributed by atoms with E-state index in [1.807, 2.05) is 39.1 Å². The SMILES string of the molecule is CCOC(OCC)c1nc(-c2ccccn2)nn1C. The smallest absolute Gasteiger partial charge is 0.218 e. The molecule has 6 nitrogen and oxygen atoms in total. The van der Waals surface area contributed by atoms with Gasteiger partial charge in [-0.1, -0.05) is 6.07 Å². The number of rotatable bonds is 6. The molecule has 0 aromatic carbocycles. The average Bonchev–Trinajstić information content (AvgIpc) is 2.82. The van der Waals surface area contributed by atoms with E-state index in [1.165, 1.54) is 0 Å². The molecule has 0 fully saturated rings. The van der Waals surface area contributed by atoms with E-state index in [1.54, 1.807) is 10.9 Å². The fourth-order valence-corrected chi connectivity index (χ4v) is 1.71. The maximum atomic E-state index is 5.53. The Balaban J connectivity index is 2.29. The van der Waals surface area contributed by atoms with Gasteiger partial charge in [-0.25, -0.2) is 9.67 Å². The first-order valence-electron chi connectivity index (χ1n) is 6.31. The molecule has 0 radical (unpaired) electrons. The lowest BCUT2D eigenvalue weighted by atomic mass is 10.3. The number of hydrogen-bond donors (Lipinski definition) is 0. The van der Waals surface area contributed by atoms with Gasteiger partial charge in [0.2, 0.25) is 6.29 Å². The molecule has 2 aromatic rings. The third kappa shape index (κ3) is 3.15. The minimum absolute atomic E-state index is 0.495. The lowest BCUT2D eigenvalue weighted by Gasteiger charge is -2.15. The van der Waals surface area contributed by atoms with Gasteiger partial charge >= 0.3 is 0 Å². The molecule has 0 atom stereocenters. The van der Waals surface area contributed by atoms with Crippen molar-refractivity contribution < 1.29 is 9.47 Å². The first-order chi connectivity index (χ1) is 9.26. The third-order valence-corrected chi connectivity index (χ3v) is 2.54. The Morgan fingerprint density at radius 3 is 2.53 bits per heavy atom. The standard InChI is InChI=1S/C13H18N4O2/c1-4-18-13(19-5-2)12-15-11(16-17(12)3)10-8-6-7-9-14-10/h6-9,13H,4-5H2,1-3H3. The quantitative estimate of drug-likeness (QED) is 0.744. The summed E-state index contributed by atoms with van der Waals surface area (Å²) in [6.45, 7) is 4.94. The molecule has 102 valence electrons. The van der Waals surface area contributed by atoms with Crippen molar-refractivity contribution in [2.24, 2.45) is 7.05 Å². The third-order valence-electron chi connectivity index (χ3n) is 2.54. The zero-order chi connectivity index (χ0) is 13.7. The van der Waals surface area contributed by atoms with Crippen molar-refractivity contribution in [2.45, 2.75) is 20.1 Å². The van der Waals surface area contributed by atoms with Crippen molar-refractivity contribution in [2.75, 3.05) is 13.2 Å². The zero-order valence-corrected chi connectivity index (χ0v) is 11.4. The molecule has 19 heavy (non-hydrogen) atoms. The van der Waals surface area contributed by atoms with E-state index < -0.39 is 6.29 Å². The van der Waals surface area contributed by atoms with Crippen molar-refractivity contribution in [1.29, 1.82) is 0 Å². The van der Waals surface area contributed by atoms with Gasteiger partial charge in [0.15, 0.2) is 11.6 Å². The molecule has 0 aliphatic carbocycles. The summed E-state index contributed by atoms with van der Waals surface area (Å²) >= 11 is 0. The fraction of sp³-hybridized carbons (Fsp3) is 0.462. The van der Waals surface area contributed by atoms with Crippen molar-refractivity contribution in [1.82, 2.24) is 19.7 Å². The molecule has 0 bridgehead atoms. The van der Waals surface area contributed by atoms with Crippen LogP contribution in [0.5, 0.6) is 0 Å². The highest BCUT2D eigenvalue weighted by atomic mass is 16.7. The minimum atomic E-state index is -0.495. The summed E-state index contributed by atoms with van der Waals surface area (Å²) in [4.78, 5) is 8.69. The molecule has 0 saturated carbocycles. The van der Waals surface area contributed by atoms with Gasteiger partial charge < -0.3 is 9.47 Å². The van der Waals surface area contributed by atoms with E-state index in [-0.39, 0.29) is 0 Å². The molecule has 0 aliphatic rings. The van der Waals surface area contributed by atoms with Crippen molar-refractivity contribution >= 4 is 0 Å². The highest BCUT2D eigenvalue weighted by Crippen LogP contribution is 2.20. The van der Waals surface area contributed by atoms with Crippen LogP contribution in [0.1, 0.15) is 26.0 Å². The molecule has 0 aliphatic heterocycles. The molecule has 0 N–H and O–H groups in total. The summed E-state index contributed by atoms with van der Waals surface area (Å²) in [5, 5.41) is 4.35. The van der Waals surface area contributed by atoms with Crippen LogP contribution in [0.15, 0.2) is 24.4 Å². The van der Waals surface area contributed by atoms with E-state index in [4.69, 9.17) is 9.47 Å². The van der Waals surface area contributed by atoms with Gasteiger partial charge in [0.25, 0.3) is 0 Å². The summed E-state index contributed by atoms with van der Waals surface area (Å²) in [5.74, 6) is 1.21. The summed E-state index contributed by atoms with van der Waals surface area (Å²) in [7, 11) is 1.82. The molecular formula is C13H18N4O2. The van der Waals surface area contributed by atoms with E-state index in [0.717, 1.165) is 5.69 Å². The summed E-state index contributed by atoms with van der Waals surface area (Å²) in [5.41, 5.74) is 0.732. The first kappa shape index (κ1) is 13.6. The maximum absolute atomic E-state index is 5.53. The van der Waals surface area contributed by atoms with Crippen LogP contribution in [-0.2, 0) is 16.5 Å². The Bertz CT molecular complexity index is 507. The number of aromatic nitrogens is 4. The van der Waals surface area contributed by atoms with Gasteiger partial charge in [0, 0.05) is 26.5 Å². The van der Waals surface area contributed by atoms with Crippen LogP contribution in [0.4, 0.5) is 0 Å². The second kappa shape index (κ2) is 6.40. The Morgan fingerprint density at radius 2 is 1.95 bits per heavy atom. The Morgan fingerprint density at radius 1 is 1.21 bits per heavy atom. The second-order valence-corrected chi connectivity index (χ2v) is 3.87. The largest absolute Gasteiger partial charge is 0.346 e. The summed E-state index contributed by atoms with van der Waals surface area (Å²) in [6.07, 6.45) is 1.22. The number of ether oxygens (including phenoxy) is 2. The van der Waals surface area contributed by atoms with E-state index in [2.05, 4.69) is 15.1 Å². The van der Waals surface area contributed by atoms with Crippen molar-refractivity contribution in [3.05, 3.63) is 30.2 Å². The number of hydrogen-bond acceptors (Lipinski definition) is 5. The molecule has 0 amide bonds. The van der Waals surface area contributed by atoms with Crippen LogP contribution in [0.3, 0.4) is 0 Å². The topological polar surface area (TPSA) is 62.1 Å². The van der Waals surface area contributed by atoms with E-state index in [9.17, 15) is 0 Å². The van der Waals surface area contributed by atoms with Crippen LogP contribution >= 0.6 is 0 Å². The van der Waals surface area contributed by atoms with Gasteiger partial charge in [0.1, 0.15) is 5.69 Å². The maximum Gasteiger partial charge on any atom is 0.218 e. The molecule has 2 heterocycles. The molecule has 2 aromatic heterocycles. The molecule has 0 unspecified atom stereocenters.